The predicted octanol–water partition coefficient (Wildman–Crippen LogP) is 4.56. The van der Waals surface area contributed by atoms with Crippen molar-refractivity contribution in [3.63, 3.8) is 0 Å². The molecule has 1 heterocycles. The number of carbonyl (C=O) groups excluding carboxylic acids is 1. The Bertz CT molecular complexity index is 735. The first-order chi connectivity index (χ1) is 12.1. The number of para-hydroxylation sites is 1. The number of hydrogen-bond donors (Lipinski definition) is 1. The van der Waals surface area contributed by atoms with Crippen molar-refractivity contribution in [3.05, 3.63) is 65.5 Å². The zero-order chi connectivity index (χ0) is 17.6. The van der Waals surface area contributed by atoms with E-state index >= 15 is 0 Å². The lowest BCUT2D eigenvalue weighted by atomic mass is 10.1. The Morgan fingerprint density at radius 1 is 1.24 bits per heavy atom. The first kappa shape index (κ1) is 18.1. The normalized spacial score (nSPS) is 15.8. The van der Waals surface area contributed by atoms with Gasteiger partial charge in [-0.05, 0) is 30.7 Å². The minimum atomic E-state index is -0.310. The van der Waals surface area contributed by atoms with Gasteiger partial charge in [0.05, 0.1) is 10.6 Å². The lowest BCUT2D eigenvalue weighted by Crippen LogP contribution is -2.31. The fourth-order valence-electron chi connectivity index (χ4n) is 2.63. The third-order valence-electron chi connectivity index (χ3n) is 3.88. The van der Waals surface area contributed by atoms with Crippen LogP contribution in [0.3, 0.4) is 0 Å². The number of amides is 1. The molecule has 1 N–H and O–H groups in total. The summed E-state index contributed by atoms with van der Waals surface area (Å²) in [5, 5.41) is 2.84. The van der Waals surface area contributed by atoms with Gasteiger partial charge in [0.2, 0.25) is 0 Å². The van der Waals surface area contributed by atoms with Gasteiger partial charge in [-0.1, -0.05) is 30.3 Å². The van der Waals surface area contributed by atoms with E-state index < -0.39 is 0 Å². The average Bonchev–Trinajstić information content (AvgIpc) is 3.14. The molecular formula is C19H20FNO2S2. The molecule has 0 aliphatic carbocycles. The molecule has 1 saturated heterocycles. The molecule has 1 amide bonds. The van der Waals surface area contributed by atoms with E-state index in [0.29, 0.717) is 4.58 Å². The summed E-state index contributed by atoms with van der Waals surface area (Å²) in [6.45, 7) is 1.77. The average molecular weight is 378 g/mol. The van der Waals surface area contributed by atoms with Gasteiger partial charge in [-0.3, -0.25) is 4.79 Å². The smallest absolute Gasteiger partial charge is 0.258 e. The van der Waals surface area contributed by atoms with Crippen LogP contribution in [0.4, 0.5) is 4.39 Å². The molecule has 25 heavy (non-hydrogen) atoms. The quantitative estimate of drug-likeness (QED) is 0.801. The number of halogens is 1. The highest BCUT2D eigenvalue weighted by atomic mass is 32.2. The fourth-order valence-corrected chi connectivity index (χ4v) is 5.54. The summed E-state index contributed by atoms with van der Waals surface area (Å²) >= 11 is 3.80. The van der Waals surface area contributed by atoms with Gasteiger partial charge in [0.25, 0.3) is 5.91 Å². The van der Waals surface area contributed by atoms with Crippen LogP contribution in [0.5, 0.6) is 5.75 Å². The molecule has 132 valence electrons. The first-order valence-electron chi connectivity index (χ1n) is 8.13. The standard InChI is InChI=1S/C19H20FNO2S2/c1-13(14-5-4-6-15(20)11-14)21-18(22)12-23-17-8-3-2-7-16(17)19-24-9-10-25-19/h2-8,11,13,19H,9-10,12H2,1H3,(H,21,22). The zero-order valence-electron chi connectivity index (χ0n) is 13.9. The molecule has 1 unspecified atom stereocenters. The van der Waals surface area contributed by atoms with Gasteiger partial charge >= 0.3 is 0 Å². The predicted molar refractivity (Wildman–Crippen MR) is 103 cm³/mol. The van der Waals surface area contributed by atoms with Gasteiger partial charge in [0, 0.05) is 17.1 Å². The summed E-state index contributed by atoms with van der Waals surface area (Å²) in [7, 11) is 0. The summed E-state index contributed by atoms with van der Waals surface area (Å²) in [4.78, 5) is 12.2. The maximum atomic E-state index is 13.3. The van der Waals surface area contributed by atoms with E-state index in [9.17, 15) is 9.18 Å². The summed E-state index contributed by atoms with van der Waals surface area (Å²) < 4.78 is 19.4. The van der Waals surface area contributed by atoms with Gasteiger partial charge < -0.3 is 10.1 Å². The lowest BCUT2D eigenvalue weighted by Gasteiger charge is -2.17. The summed E-state index contributed by atoms with van der Waals surface area (Å²) in [5.74, 6) is 2.49. The highest BCUT2D eigenvalue weighted by Gasteiger charge is 2.22. The van der Waals surface area contributed by atoms with Crippen molar-refractivity contribution in [1.82, 2.24) is 5.32 Å². The molecule has 2 aromatic rings. The second kappa shape index (κ2) is 8.63. The Kier molecular flexibility index (Phi) is 6.26. The van der Waals surface area contributed by atoms with Crippen molar-refractivity contribution < 1.29 is 13.9 Å². The number of hydrogen-bond acceptors (Lipinski definition) is 4. The molecule has 2 aromatic carbocycles. The van der Waals surface area contributed by atoms with Crippen LogP contribution in [-0.4, -0.2) is 24.0 Å². The van der Waals surface area contributed by atoms with E-state index in [0.717, 1.165) is 28.4 Å². The topological polar surface area (TPSA) is 38.3 Å². The molecule has 3 nitrogen and oxygen atoms in total. The first-order valence-corrected chi connectivity index (χ1v) is 10.2. The van der Waals surface area contributed by atoms with Crippen molar-refractivity contribution in [3.8, 4) is 5.75 Å². The summed E-state index contributed by atoms with van der Waals surface area (Å²) in [6, 6.07) is 13.8. The third kappa shape index (κ3) is 4.92. The van der Waals surface area contributed by atoms with E-state index in [1.807, 2.05) is 48.6 Å². The van der Waals surface area contributed by atoms with E-state index in [1.54, 1.807) is 12.1 Å². The highest BCUT2D eigenvalue weighted by molar-refractivity contribution is 8.19. The summed E-state index contributed by atoms with van der Waals surface area (Å²) in [5.41, 5.74) is 1.86. The number of thioether (sulfide) groups is 2. The van der Waals surface area contributed by atoms with Crippen LogP contribution in [0.2, 0.25) is 0 Å². The molecular weight excluding hydrogens is 357 g/mol. The zero-order valence-corrected chi connectivity index (χ0v) is 15.5. The molecule has 1 fully saturated rings. The minimum Gasteiger partial charge on any atom is -0.483 e. The van der Waals surface area contributed by atoms with Gasteiger partial charge in [-0.25, -0.2) is 4.39 Å². The van der Waals surface area contributed by atoms with E-state index in [-0.39, 0.29) is 24.4 Å². The van der Waals surface area contributed by atoms with Crippen molar-refractivity contribution in [2.75, 3.05) is 18.1 Å². The number of carbonyl (C=O) groups is 1. The monoisotopic (exact) mass is 377 g/mol. The molecule has 0 bridgehead atoms. The Hall–Kier alpha value is -1.66. The van der Waals surface area contributed by atoms with Crippen molar-refractivity contribution >= 4 is 29.4 Å². The van der Waals surface area contributed by atoms with Crippen molar-refractivity contribution in [2.45, 2.75) is 17.5 Å². The SMILES string of the molecule is CC(NC(=O)COc1ccccc1C1SCCS1)c1cccc(F)c1. The Balaban J connectivity index is 1.57. The van der Waals surface area contributed by atoms with Gasteiger partial charge in [-0.15, -0.1) is 23.5 Å². The number of benzene rings is 2. The molecule has 0 aromatic heterocycles. The molecule has 1 atom stereocenters. The van der Waals surface area contributed by atoms with Crippen LogP contribution in [0, 0.1) is 5.82 Å². The van der Waals surface area contributed by atoms with E-state index in [2.05, 4.69) is 11.4 Å². The van der Waals surface area contributed by atoms with Gasteiger partial charge in [-0.2, -0.15) is 0 Å². The van der Waals surface area contributed by atoms with Gasteiger partial charge in [0.15, 0.2) is 6.61 Å². The van der Waals surface area contributed by atoms with Crippen LogP contribution >= 0.6 is 23.5 Å². The minimum absolute atomic E-state index is 0.0568. The fraction of sp³-hybridized carbons (Fsp3) is 0.316. The Morgan fingerprint density at radius 2 is 2.00 bits per heavy atom. The van der Waals surface area contributed by atoms with Crippen LogP contribution < -0.4 is 10.1 Å². The van der Waals surface area contributed by atoms with Crippen LogP contribution in [-0.2, 0) is 4.79 Å². The van der Waals surface area contributed by atoms with E-state index in [1.165, 1.54) is 12.1 Å². The second-order valence-electron chi connectivity index (χ2n) is 5.74. The van der Waals surface area contributed by atoms with Crippen LogP contribution in [0.25, 0.3) is 0 Å². The maximum Gasteiger partial charge on any atom is 0.258 e. The molecule has 1 aliphatic rings. The molecule has 1 aliphatic heterocycles. The molecule has 3 rings (SSSR count). The second-order valence-corrected chi connectivity index (χ2v) is 8.47. The lowest BCUT2D eigenvalue weighted by molar-refractivity contribution is -0.123. The van der Waals surface area contributed by atoms with Gasteiger partial charge in [0.1, 0.15) is 11.6 Å². The van der Waals surface area contributed by atoms with Crippen molar-refractivity contribution in [1.29, 1.82) is 0 Å². The molecule has 0 spiro atoms. The third-order valence-corrected chi connectivity index (χ3v) is 6.95. The Morgan fingerprint density at radius 3 is 2.76 bits per heavy atom. The van der Waals surface area contributed by atoms with Crippen LogP contribution in [0.15, 0.2) is 48.5 Å². The number of nitrogens with one attached hydrogen (secondary N) is 1. The summed E-state index contributed by atoms with van der Waals surface area (Å²) in [6.07, 6.45) is 0. The molecule has 0 radical (unpaired) electrons. The Labute approximate surface area is 155 Å². The van der Waals surface area contributed by atoms with E-state index in [4.69, 9.17) is 4.74 Å². The van der Waals surface area contributed by atoms with Crippen LogP contribution in [0.1, 0.15) is 28.7 Å². The molecule has 6 heteroatoms. The number of rotatable bonds is 6. The maximum absolute atomic E-state index is 13.3. The molecule has 0 saturated carbocycles. The largest absolute Gasteiger partial charge is 0.483 e. The van der Waals surface area contributed by atoms with Crippen molar-refractivity contribution in [2.24, 2.45) is 0 Å². The highest BCUT2D eigenvalue weighted by Crippen LogP contribution is 2.48. The number of ether oxygens (including phenoxy) is 1.